The minimum absolute atomic E-state index is 0.0805. The van der Waals surface area contributed by atoms with Gasteiger partial charge < -0.3 is 19.6 Å². The molecule has 2 aromatic heterocycles. The van der Waals surface area contributed by atoms with E-state index in [4.69, 9.17) is 9.47 Å². The molecule has 3 unspecified atom stereocenters. The molecular formula is C21H22N2O4. The van der Waals surface area contributed by atoms with Crippen molar-refractivity contribution in [3.05, 3.63) is 54.1 Å². The van der Waals surface area contributed by atoms with E-state index in [9.17, 15) is 9.90 Å². The van der Waals surface area contributed by atoms with Crippen molar-refractivity contribution in [3.8, 4) is 0 Å². The van der Waals surface area contributed by atoms with Crippen molar-refractivity contribution in [1.29, 1.82) is 0 Å². The highest BCUT2D eigenvalue weighted by Gasteiger charge is 2.38. The van der Waals surface area contributed by atoms with Gasteiger partial charge in [-0.1, -0.05) is 18.2 Å². The van der Waals surface area contributed by atoms with Crippen molar-refractivity contribution in [3.63, 3.8) is 0 Å². The minimum Gasteiger partial charge on any atom is -0.497 e. The predicted molar refractivity (Wildman–Crippen MR) is 102 cm³/mol. The van der Waals surface area contributed by atoms with E-state index < -0.39 is 5.97 Å². The first-order chi connectivity index (χ1) is 13.1. The third-order valence-corrected chi connectivity index (χ3v) is 5.48. The Bertz CT molecular complexity index is 1020. The van der Waals surface area contributed by atoms with E-state index in [0.717, 1.165) is 27.5 Å². The third-order valence-electron chi connectivity index (χ3n) is 5.48. The number of H-pyrrole nitrogens is 1. The van der Waals surface area contributed by atoms with Crippen LogP contribution in [-0.4, -0.2) is 40.9 Å². The number of para-hydroxylation sites is 1. The van der Waals surface area contributed by atoms with Crippen LogP contribution in [0.2, 0.25) is 0 Å². The van der Waals surface area contributed by atoms with Crippen LogP contribution in [0.4, 0.5) is 0 Å². The second kappa shape index (κ2) is 7.04. The van der Waals surface area contributed by atoms with Crippen molar-refractivity contribution < 1.29 is 19.4 Å². The second-order valence-corrected chi connectivity index (χ2v) is 6.91. The molecule has 140 valence electrons. The number of esters is 1. The quantitative estimate of drug-likeness (QED) is 0.694. The molecule has 0 saturated carbocycles. The van der Waals surface area contributed by atoms with E-state index in [1.165, 1.54) is 13.4 Å². The number of aliphatic hydroxyl groups is 1. The number of aromatic nitrogens is 2. The largest absolute Gasteiger partial charge is 0.497 e. The molecule has 1 aromatic carbocycles. The van der Waals surface area contributed by atoms with Crippen molar-refractivity contribution in [2.24, 2.45) is 11.8 Å². The van der Waals surface area contributed by atoms with Gasteiger partial charge in [-0.3, -0.25) is 4.98 Å². The number of aliphatic hydroxyl groups excluding tert-OH is 1. The van der Waals surface area contributed by atoms with E-state index in [1.54, 1.807) is 6.20 Å². The van der Waals surface area contributed by atoms with Gasteiger partial charge in [0.15, 0.2) is 0 Å². The lowest BCUT2D eigenvalue weighted by atomic mass is 9.78. The summed E-state index contributed by atoms with van der Waals surface area (Å²) >= 11 is 0. The number of pyridine rings is 1. The van der Waals surface area contributed by atoms with E-state index in [0.29, 0.717) is 12.0 Å². The van der Waals surface area contributed by atoms with E-state index >= 15 is 0 Å². The number of aromatic amines is 1. The lowest BCUT2D eigenvalue weighted by Gasteiger charge is -2.34. The van der Waals surface area contributed by atoms with Crippen LogP contribution in [0.15, 0.2) is 48.4 Å². The molecule has 0 aliphatic carbocycles. The van der Waals surface area contributed by atoms with Crippen LogP contribution >= 0.6 is 0 Å². The summed E-state index contributed by atoms with van der Waals surface area (Å²) in [5.41, 5.74) is 3.30. The molecule has 3 aromatic rings. The Balaban J connectivity index is 1.80. The van der Waals surface area contributed by atoms with E-state index in [1.807, 2.05) is 31.2 Å². The molecule has 0 spiro atoms. The summed E-state index contributed by atoms with van der Waals surface area (Å²) in [7, 11) is 1.35. The normalized spacial score (nSPS) is 22.5. The molecule has 0 saturated heterocycles. The second-order valence-electron chi connectivity index (χ2n) is 6.91. The molecule has 6 nitrogen and oxygen atoms in total. The molecule has 4 rings (SSSR count). The van der Waals surface area contributed by atoms with Gasteiger partial charge in [-0.05, 0) is 25.5 Å². The Hall–Kier alpha value is -2.86. The van der Waals surface area contributed by atoms with E-state index in [2.05, 4.69) is 16.0 Å². The fraction of sp³-hybridized carbons (Fsp3) is 0.333. The highest BCUT2D eigenvalue weighted by atomic mass is 16.5. The Kier molecular flexibility index (Phi) is 4.58. The topological polar surface area (TPSA) is 84.4 Å². The maximum Gasteiger partial charge on any atom is 0.337 e. The van der Waals surface area contributed by atoms with Crippen molar-refractivity contribution >= 4 is 27.8 Å². The molecule has 1 aliphatic rings. The molecule has 2 N–H and O–H groups in total. The summed E-state index contributed by atoms with van der Waals surface area (Å²) in [4.78, 5) is 20.3. The van der Waals surface area contributed by atoms with Gasteiger partial charge in [-0.2, -0.15) is 0 Å². The number of carbonyl (C=O) groups is 1. The fourth-order valence-electron chi connectivity index (χ4n) is 3.97. The molecule has 3 atom stereocenters. The van der Waals surface area contributed by atoms with Crippen LogP contribution < -0.4 is 0 Å². The number of methoxy groups -OCH3 is 1. The number of ether oxygens (including phenoxy) is 2. The van der Waals surface area contributed by atoms with Crippen LogP contribution in [0.5, 0.6) is 0 Å². The standard InChI is InChI=1S/C21H22N2O4/c1-12-16(10-24)15(17(11-27-12)21(25)26-2)9-19-20-14(7-8-22-19)13-5-3-4-6-18(13)23-20/h3-8,11-12,15-16,23-24H,9-10H2,1-2H3. The lowest BCUT2D eigenvalue weighted by Crippen LogP contribution is -2.38. The number of hydrogen-bond donors (Lipinski definition) is 2. The SMILES string of the molecule is COC(=O)C1=COC(C)C(CO)C1Cc1nccc2c1[nH]c1ccccc12. The smallest absolute Gasteiger partial charge is 0.337 e. The van der Waals surface area contributed by atoms with Gasteiger partial charge in [0, 0.05) is 34.3 Å². The maximum atomic E-state index is 12.3. The van der Waals surface area contributed by atoms with Crippen LogP contribution in [0, 0.1) is 11.8 Å². The molecule has 3 heterocycles. The number of carbonyl (C=O) groups excluding carboxylic acids is 1. The summed E-state index contributed by atoms with van der Waals surface area (Å²) in [6.45, 7) is 1.82. The van der Waals surface area contributed by atoms with Crippen molar-refractivity contribution in [2.45, 2.75) is 19.4 Å². The first-order valence-corrected chi connectivity index (χ1v) is 9.03. The summed E-state index contributed by atoms with van der Waals surface area (Å²) in [5, 5.41) is 12.2. The van der Waals surface area contributed by atoms with Crippen LogP contribution in [0.25, 0.3) is 21.8 Å². The van der Waals surface area contributed by atoms with Crippen molar-refractivity contribution in [2.75, 3.05) is 13.7 Å². The lowest BCUT2D eigenvalue weighted by molar-refractivity contribution is -0.138. The van der Waals surface area contributed by atoms with Gasteiger partial charge in [0.2, 0.25) is 0 Å². The molecule has 27 heavy (non-hydrogen) atoms. The number of fused-ring (bicyclic) bond motifs is 3. The number of benzene rings is 1. The molecule has 0 fully saturated rings. The number of rotatable bonds is 4. The van der Waals surface area contributed by atoms with E-state index in [-0.39, 0.29) is 24.5 Å². The highest BCUT2D eigenvalue weighted by Crippen LogP contribution is 2.35. The van der Waals surface area contributed by atoms with Gasteiger partial charge in [0.25, 0.3) is 0 Å². The highest BCUT2D eigenvalue weighted by molar-refractivity contribution is 6.07. The summed E-state index contributed by atoms with van der Waals surface area (Å²) < 4.78 is 10.5. The molecule has 1 aliphatic heterocycles. The maximum absolute atomic E-state index is 12.3. The Labute approximate surface area is 156 Å². The average molecular weight is 366 g/mol. The zero-order valence-corrected chi connectivity index (χ0v) is 15.3. The Morgan fingerprint density at radius 2 is 2.11 bits per heavy atom. The number of hydrogen-bond acceptors (Lipinski definition) is 5. The molecule has 0 bridgehead atoms. The first kappa shape index (κ1) is 17.5. The van der Waals surface area contributed by atoms with Gasteiger partial charge in [-0.15, -0.1) is 0 Å². The first-order valence-electron chi connectivity index (χ1n) is 9.03. The Morgan fingerprint density at radius 1 is 1.30 bits per heavy atom. The van der Waals surface area contributed by atoms with Gasteiger partial charge in [0.05, 0.1) is 36.8 Å². The summed E-state index contributed by atoms with van der Waals surface area (Å²) in [6.07, 6.45) is 3.56. The van der Waals surface area contributed by atoms with Gasteiger partial charge in [0.1, 0.15) is 6.10 Å². The molecule has 0 radical (unpaired) electrons. The molecular weight excluding hydrogens is 344 g/mol. The number of nitrogens with one attached hydrogen (secondary N) is 1. The Morgan fingerprint density at radius 3 is 2.89 bits per heavy atom. The monoisotopic (exact) mass is 366 g/mol. The molecule has 6 heteroatoms. The molecule has 0 amide bonds. The zero-order valence-electron chi connectivity index (χ0n) is 15.3. The zero-order chi connectivity index (χ0) is 19.0. The predicted octanol–water partition coefficient (Wildman–Crippen LogP) is 2.96. The van der Waals surface area contributed by atoms with Gasteiger partial charge in [-0.25, -0.2) is 4.79 Å². The third kappa shape index (κ3) is 2.96. The summed E-state index contributed by atoms with van der Waals surface area (Å²) in [5.74, 6) is -0.893. The van der Waals surface area contributed by atoms with Crippen LogP contribution in [0.3, 0.4) is 0 Å². The number of nitrogens with zero attached hydrogens (tertiary/aromatic N) is 1. The fourth-order valence-corrected chi connectivity index (χ4v) is 3.97. The average Bonchev–Trinajstić information content (AvgIpc) is 3.07. The van der Waals surface area contributed by atoms with Gasteiger partial charge >= 0.3 is 5.97 Å². The summed E-state index contributed by atoms with van der Waals surface area (Å²) in [6, 6.07) is 10.1. The van der Waals surface area contributed by atoms with Crippen LogP contribution in [-0.2, 0) is 20.7 Å². The van der Waals surface area contributed by atoms with Crippen LogP contribution in [0.1, 0.15) is 12.6 Å². The minimum atomic E-state index is -0.436. The van der Waals surface area contributed by atoms with Crippen molar-refractivity contribution in [1.82, 2.24) is 9.97 Å².